The Labute approximate surface area is 126 Å². The van der Waals surface area contributed by atoms with E-state index in [0.29, 0.717) is 42.8 Å². The number of carbonyl (C=O) groups is 2. The molecule has 8 nitrogen and oxygen atoms in total. The fourth-order valence-corrected chi connectivity index (χ4v) is 2.94. The molecule has 1 atom stereocenters. The van der Waals surface area contributed by atoms with E-state index in [2.05, 4.69) is 20.6 Å². The number of anilines is 2. The van der Waals surface area contributed by atoms with Gasteiger partial charge in [0.2, 0.25) is 0 Å². The summed E-state index contributed by atoms with van der Waals surface area (Å²) in [4.78, 5) is 35.1. The predicted molar refractivity (Wildman–Crippen MR) is 77.3 cm³/mol. The quantitative estimate of drug-likeness (QED) is 0.555. The van der Waals surface area contributed by atoms with Crippen LogP contribution >= 0.6 is 11.6 Å². The monoisotopic (exact) mass is 310 g/mol. The van der Waals surface area contributed by atoms with Gasteiger partial charge >= 0.3 is 11.8 Å². The molecule has 2 aliphatic rings. The smallest absolute Gasteiger partial charge is 0.312 e. The summed E-state index contributed by atoms with van der Waals surface area (Å²) in [6.45, 7) is 2.13. The van der Waals surface area contributed by atoms with Gasteiger partial charge in [-0.15, -0.1) is 0 Å². The zero-order valence-electron chi connectivity index (χ0n) is 11.5. The van der Waals surface area contributed by atoms with Gasteiger partial charge in [-0.25, -0.2) is 9.97 Å². The first-order chi connectivity index (χ1) is 10.1. The van der Waals surface area contributed by atoms with Gasteiger partial charge < -0.3 is 20.4 Å². The van der Waals surface area contributed by atoms with Crippen molar-refractivity contribution in [1.82, 2.24) is 20.2 Å². The highest BCUT2D eigenvalue weighted by atomic mass is 35.5. The SMILES string of the molecule is CNc1c(Cl)ncnc1N1CCN2C(=O)C(=O)NCC2C1. The lowest BCUT2D eigenvalue weighted by atomic mass is 10.1. The molecule has 0 saturated carbocycles. The average Bonchev–Trinajstić information content (AvgIpc) is 2.50. The number of halogens is 1. The number of rotatable bonds is 2. The van der Waals surface area contributed by atoms with Gasteiger partial charge in [0.1, 0.15) is 12.0 Å². The van der Waals surface area contributed by atoms with Crippen LogP contribution in [0.4, 0.5) is 11.5 Å². The number of amides is 2. The van der Waals surface area contributed by atoms with Crippen LogP contribution in [0.15, 0.2) is 6.33 Å². The van der Waals surface area contributed by atoms with Crippen LogP contribution in [-0.4, -0.2) is 66.0 Å². The Kier molecular flexibility index (Phi) is 3.54. The van der Waals surface area contributed by atoms with Crippen molar-refractivity contribution >= 4 is 34.9 Å². The van der Waals surface area contributed by atoms with Crippen LogP contribution < -0.4 is 15.5 Å². The first kappa shape index (κ1) is 13.9. The van der Waals surface area contributed by atoms with E-state index in [0.717, 1.165) is 0 Å². The number of nitrogens with zero attached hydrogens (tertiary/aromatic N) is 4. The summed E-state index contributed by atoms with van der Waals surface area (Å²) in [5, 5.41) is 5.97. The average molecular weight is 311 g/mol. The highest BCUT2D eigenvalue weighted by Crippen LogP contribution is 2.30. The van der Waals surface area contributed by atoms with Crippen LogP contribution in [0.3, 0.4) is 0 Å². The van der Waals surface area contributed by atoms with Crippen molar-refractivity contribution in [1.29, 1.82) is 0 Å². The molecule has 0 aliphatic carbocycles. The molecule has 2 aliphatic heterocycles. The number of hydrogen-bond donors (Lipinski definition) is 2. The van der Waals surface area contributed by atoms with Crippen molar-refractivity contribution in [2.75, 3.05) is 43.4 Å². The minimum Gasteiger partial charge on any atom is -0.383 e. The summed E-state index contributed by atoms with van der Waals surface area (Å²) in [5.41, 5.74) is 0.666. The molecule has 2 saturated heterocycles. The maximum Gasteiger partial charge on any atom is 0.312 e. The lowest BCUT2D eigenvalue weighted by molar-refractivity contribution is -0.150. The van der Waals surface area contributed by atoms with Gasteiger partial charge in [0.05, 0.1) is 6.04 Å². The number of carbonyl (C=O) groups excluding carboxylic acids is 2. The van der Waals surface area contributed by atoms with Crippen LogP contribution in [0.25, 0.3) is 0 Å². The highest BCUT2D eigenvalue weighted by Gasteiger charge is 2.38. The van der Waals surface area contributed by atoms with Crippen LogP contribution in [0.2, 0.25) is 5.15 Å². The summed E-state index contributed by atoms with van der Waals surface area (Å²) in [6, 6.07) is -0.0533. The molecule has 0 bridgehead atoms. The lowest BCUT2D eigenvalue weighted by Crippen LogP contribution is -2.65. The number of hydrogen-bond acceptors (Lipinski definition) is 6. The van der Waals surface area contributed by atoms with Gasteiger partial charge in [0, 0.05) is 33.2 Å². The predicted octanol–water partition coefficient (Wildman–Crippen LogP) is -0.681. The molecule has 0 aromatic carbocycles. The second-order valence-corrected chi connectivity index (χ2v) is 5.28. The Morgan fingerprint density at radius 2 is 2.19 bits per heavy atom. The molecule has 2 amide bonds. The molecule has 0 radical (unpaired) electrons. The normalized spacial score (nSPS) is 21.9. The van der Waals surface area contributed by atoms with E-state index in [1.54, 1.807) is 11.9 Å². The molecule has 21 heavy (non-hydrogen) atoms. The van der Waals surface area contributed by atoms with Crippen LogP contribution in [0, 0.1) is 0 Å². The number of fused-ring (bicyclic) bond motifs is 1. The summed E-state index contributed by atoms with van der Waals surface area (Å²) in [7, 11) is 1.76. The highest BCUT2D eigenvalue weighted by molar-refractivity contribution is 6.35. The fraction of sp³-hybridized carbons (Fsp3) is 0.500. The zero-order chi connectivity index (χ0) is 15.0. The standard InChI is InChI=1S/C12H15ClN6O2/c1-14-8-9(13)16-6-17-10(8)18-2-3-19-7(5-18)4-15-11(20)12(19)21/h6-7,14H,2-5H2,1H3,(H,15,20). The molecule has 1 aromatic rings. The molecule has 0 spiro atoms. The third-order valence-corrected chi connectivity index (χ3v) is 4.05. The summed E-state index contributed by atoms with van der Waals surface area (Å²) in [6.07, 6.45) is 1.42. The Bertz CT molecular complexity index is 595. The largest absolute Gasteiger partial charge is 0.383 e. The maximum absolute atomic E-state index is 11.8. The molecule has 2 fully saturated rings. The molecule has 1 aromatic heterocycles. The van der Waals surface area contributed by atoms with Gasteiger partial charge in [0.25, 0.3) is 0 Å². The van der Waals surface area contributed by atoms with E-state index in [1.165, 1.54) is 6.33 Å². The van der Waals surface area contributed by atoms with E-state index in [9.17, 15) is 9.59 Å². The van der Waals surface area contributed by atoms with Gasteiger partial charge in [0.15, 0.2) is 11.0 Å². The number of aromatic nitrogens is 2. The van der Waals surface area contributed by atoms with Crippen LogP contribution in [-0.2, 0) is 9.59 Å². The minimum atomic E-state index is -0.527. The maximum atomic E-state index is 11.8. The molecule has 112 valence electrons. The zero-order valence-corrected chi connectivity index (χ0v) is 12.2. The fourth-order valence-electron chi connectivity index (χ4n) is 2.72. The molecular formula is C12H15ClN6O2. The minimum absolute atomic E-state index is 0.0533. The molecule has 2 N–H and O–H groups in total. The third-order valence-electron chi connectivity index (χ3n) is 3.77. The van der Waals surface area contributed by atoms with E-state index in [-0.39, 0.29) is 6.04 Å². The van der Waals surface area contributed by atoms with Crippen molar-refractivity contribution in [3.8, 4) is 0 Å². The first-order valence-electron chi connectivity index (χ1n) is 6.63. The van der Waals surface area contributed by atoms with E-state index in [4.69, 9.17) is 11.6 Å². The third kappa shape index (κ3) is 2.35. The topological polar surface area (TPSA) is 90.5 Å². The molecule has 9 heteroatoms. The van der Waals surface area contributed by atoms with Gasteiger partial charge in [-0.05, 0) is 0 Å². The molecular weight excluding hydrogens is 296 g/mol. The second kappa shape index (κ2) is 5.36. The van der Waals surface area contributed by atoms with Crippen molar-refractivity contribution in [2.24, 2.45) is 0 Å². The van der Waals surface area contributed by atoms with Crippen molar-refractivity contribution in [3.05, 3.63) is 11.5 Å². The summed E-state index contributed by atoms with van der Waals surface area (Å²) < 4.78 is 0. The van der Waals surface area contributed by atoms with Crippen molar-refractivity contribution in [3.63, 3.8) is 0 Å². The first-order valence-corrected chi connectivity index (χ1v) is 7.01. The second-order valence-electron chi connectivity index (χ2n) is 4.92. The van der Waals surface area contributed by atoms with Gasteiger partial charge in [-0.2, -0.15) is 0 Å². The number of nitrogens with one attached hydrogen (secondary N) is 2. The molecule has 3 heterocycles. The Morgan fingerprint density at radius 3 is 2.95 bits per heavy atom. The Morgan fingerprint density at radius 1 is 1.38 bits per heavy atom. The molecule has 1 unspecified atom stereocenters. The van der Waals surface area contributed by atoms with Gasteiger partial charge in [-0.1, -0.05) is 11.6 Å². The number of piperazine rings is 2. The summed E-state index contributed by atoms with van der Waals surface area (Å²) >= 11 is 6.07. The van der Waals surface area contributed by atoms with Gasteiger partial charge in [-0.3, -0.25) is 9.59 Å². The van der Waals surface area contributed by atoms with Crippen molar-refractivity contribution in [2.45, 2.75) is 6.04 Å². The van der Waals surface area contributed by atoms with Crippen molar-refractivity contribution < 1.29 is 9.59 Å². The Balaban J connectivity index is 1.83. The summed E-state index contributed by atoms with van der Waals surface area (Å²) in [5.74, 6) is -0.275. The van der Waals surface area contributed by atoms with E-state index >= 15 is 0 Å². The lowest BCUT2D eigenvalue weighted by Gasteiger charge is -2.44. The van der Waals surface area contributed by atoms with Crippen LogP contribution in [0.5, 0.6) is 0 Å². The van der Waals surface area contributed by atoms with Crippen LogP contribution in [0.1, 0.15) is 0 Å². The molecule has 3 rings (SSSR count). The Hall–Kier alpha value is -2.09. The van der Waals surface area contributed by atoms with E-state index < -0.39 is 11.8 Å². The van der Waals surface area contributed by atoms with E-state index in [1.807, 2.05) is 4.90 Å².